The maximum absolute atomic E-state index is 12.9. The molecule has 3 atom stereocenters. The standard InChI is InChI=1S/C19H23N3OS.2ClH/c23-18(21-13-6-5-11-20-12-13)14-7-1-2-8-15(14)19-22-16-9-3-4-10-17(16)24-19;;/h1-4,9-10,13-15,20H,5-8,11-12H2,(H,21,23);2*1H. The number of hydrogen-bond donors (Lipinski definition) is 2. The zero-order valence-corrected chi connectivity index (χ0v) is 17.0. The molecule has 0 saturated carbocycles. The summed E-state index contributed by atoms with van der Waals surface area (Å²) in [6, 6.07) is 8.50. The van der Waals surface area contributed by atoms with E-state index in [-0.39, 0.29) is 48.6 Å². The molecule has 0 radical (unpaired) electrons. The Morgan fingerprint density at radius 3 is 2.77 bits per heavy atom. The highest BCUT2D eigenvalue weighted by Gasteiger charge is 2.33. The molecule has 4 rings (SSSR count). The van der Waals surface area contributed by atoms with Crippen LogP contribution in [-0.4, -0.2) is 30.0 Å². The lowest BCUT2D eigenvalue weighted by Gasteiger charge is -2.30. The van der Waals surface area contributed by atoms with Crippen molar-refractivity contribution in [2.45, 2.75) is 37.6 Å². The van der Waals surface area contributed by atoms with Gasteiger partial charge in [-0.25, -0.2) is 4.98 Å². The summed E-state index contributed by atoms with van der Waals surface area (Å²) in [5, 5.41) is 7.73. The van der Waals surface area contributed by atoms with Gasteiger partial charge in [-0.15, -0.1) is 36.2 Å². The third-order valence-electron chi connectivity index (χ3n) is 5.04. The lowest BCUT2D eigenvalue weighted by Crippen LogP contribution is -2.48. The molecule has 2 N–H and O–H groups in total. The molecule has 1 aliphatic carbocycles. The average molecular weight is 414 g/mol. The number of carbonyl (C=O) groups is 1. The van der Waals surface area contributed by atoms with Crippen molar-refractivity contribution in [3.63, 3.8) is 0 Å². The van der Waals surface area contributed by atoms with Gasteiger partial charge in [-0.2, -0.15) is 0 Å². The molecular formula is C19H25Cl2N3OS. The minimum Gasteiger partial charge on any atom is -0.352 e. The number of piperidine rings is 1. The summed E-state index contributed by atoms with van der Waals surface area (Å²) in [6.07, 6.45) is 8.27. The first kappa shape index (κ1) is 21.2. The van der Waals surface area contributed by atoms with Crippen molar-refractivity contribution < 1.29 is 4.79 Å². The molecule has 2 aliphatic rings. The molecule has 1 aliphatic heterocycles. The van der Waals surface area contributed by atoms with E-state index in [2.05, 4.69) is 34.9 Å². The number of thiazole rings is 1. The van der Waals surface area contributed by atoms with Crippen LogP contribution in [0.3, 0.4) is 0 Å². The highest BCUT2D eigenvalue weighted by Crippen LogP contribution is 2.38. The molecule has 1 fully saturated rings. The van der Waals surface area contributed by atoms with Crippen LogP contribution in [0.4, 0.5) is 0 Å². The number of amides is 1. The van der Waals surface area contributed by atoms with Crippen LogP contribution in [0, 0.1) is 5.92 Å². The molecule has 0 bridgehead atoms. The van der Waals surface area contributed by atoms with E-state index in [1.807, 2.05) is 12.1 Å². The van der Waals surface area contributed by atoms with Crippen LogP contribution in [0.25, 0.3) is 10.2 Å². The Bertz CT molecular complexity index is 725. The smallest absolute Gasteiger partial charge is 0.224 e. The summed E-state index contributed by atoms with van der Waals surface area (Å²) >= 11 is 1.73. The summed E-state index contributed by atoms with van der Waals surface area (Å²) in [7, 11) is 0. The van der Waals surface area contributed by atoms with Crippen LogP contribution >= 0.6 is 36.2 Å². The monoisotopic (exact) mass is 413 g/mol. The predicted molar refractivity (Wildman–Crippen MR) is 113 cm³/mol. The number of allylic oxidation sites excluding steroid dienone is 2. The second kappa shape index (κ2) is 9.70. The van der Waals surface area contributed by atoms with Gasteiger partial charge in [0.05, 0.1) is 21.1 Å². The number of aromatic nitrogens is 1. The highest BCUT2D eigenvalue weighted by atomic mass is 35.5. The number of halogens is 2. The topological polar surface area (TPSA) is 54.0 Å². The quantitative estimate of drug-likeness (QED) is 0.745. The summed E-state index contributed by atoms with van der Waals surface area (Å²) in [4.78, 5) is 17.7. The average Bonchev–Trinajstić information content (AvgIpc) is 3.06. The van der Waals surface area contributed by atoms with E-state index in [0.717, 1.165) is 49.3 Å². The minimum atomic E-state index is -0.00233. The van der Waals surface area contributed by atoms with Gasteiger partial charge in [-0.05, 0) is 44.4 Å². The van der Waals surface area contributed by atoms with Gasteiger partial charge < -0.3 is 10.6 Å². The second-order valence-electron chi connectivity index (χ2n) is 6.73. The fraction of sp³-hybridized carbons (Fsp3) is 0.474. The Labute approximate surface area is 170 Å². The van der Waals surface area contributed by atoms with Gasteiger partial charge in [-0.1, -0.05) is 24.3 Å². The number of rotatable bonds is 3. The molecule has 1 aromatic heterocycles. The van der Waals surface area contributed by atoms with Crippen LogP contribution in [-0.2, 0) is 4.79 Å². The van der Waals surface area contributed by atoms with Crippen LogP contribution < -0.4 is 10.6 Å². The Hall–Kier alpha value is -1.14. The summed E-state index contributed by atoms with van der Waals surface area (Å²) in [5.74, 6) is 0.388. The summed E-state index contributed by atoms with van der Waals surface area (Å²) in [5.41, 5.74) is 1.04. The number of hydrogen-bond acceptors (Lipinski definition) is 4. The fourth-order valence-corrected chi connectivity index (χ4v) is 4.85. The molecule has 2 aromatic rings. The minimum absolute atomic E-state index is 0. The first-order chi connectivity index (χ1) is 11.8. The van der Waals surface area contributed by atoms with E-state index >= 15 is 0 Å². The number of carbonyl (C=O) groups excluding carboxylic acids is 1. The molecule has 1 aromatic carbocycles. The summed E-state index contributed by atoms with van der Waals surface area (Å²) in [6.45, 7) is 1.95. The second-order valence-corrected chi connectivity index (χ2v) is 7.79. The predicted octanol–water partition coefficient (Wildman–Crippen LogP) is 4.06. The van der Waals surface area contributed by atoms with Crippen LogP contribution in [0.1, 0.15) is 36.6 Å². The molecule has 1 amide bonds. The number of nitrogens with zero attached hydrogens (tertiary/aromatic N) is 1. The molecule has 142 valence electrons. The first-order valence-corrected chi connectivity index (χ1v) is 9.64. The van der Waals surface area contributed by atoms with Gasteiger partial charge in [-0.3, -0.25) is 4.79 Å². The third kappa shape index (κ3) is 4.58. The van der Waals surface area contributed by atoms with Crippen molar-refractivity contribution in [2.24, 2.45) is 5.92 Å². The summed E-state index contributed by atoms with van der Waals surface area (Å²) < 4.78 is 1.21. The van der Waals surface area contributed by atoms with Gasteiger partial charge in [0, 0.05) is 18.5 Å². The molecule has 2 heterocycles. The number of benzene rings is 1. The Balaban J connectivity index is 0.00000121. The first-order valence-electron chi connectivity index (χ1n) is 8.83. The number of nitrogens with one attached hydrogen (secondary N) is 2. The number of fused-ring (bicyclic) bond motifs is 1. The normalized spacial score (nSPS) is 25.2. The van der Waals surface area contributed by atoms with Gasteiger partial charge in [0.15, 0.2) is 0 Å². The maximum Gasteiger partial charge on any atom is 0.224 e. The molecular weight excluding hydrogens is 389 g/mol. The van der Waals surface area contributed by atoms with Crippen molar-refractivity contribution in [3.8, 4) is 0 Å². The van der Waals surface area contributed by atoms with Crippen molar-refractivity contribution in [1.82, 2.24) is 15.6 Å². The third-order valence-corrected chi connectivity index (χ3v) is 6.21. The largest absolute Gasteiger partial charge is 0.352 e. The Morgan fingerprint density at radius 2 is 2.00 bits per heavy atom. The van der Waals surface area contributed by atoms with Gasteiger partial charge in [0.1, 0.15) is 0 Å². The maximum atomic E-state index is 12.9. The van der Waals surface area contributed by atoms with E-state index < -0.39 is 0 Å². The molecule has 3 unspecified atom stereocenters. The van der Waals surface area contributed by atoms with Crippen molar-refractivity contribution in [3.05, 3.63) is 41.4 Å². The van der Waals surface area contributed by atoms with E-state index in [4.69, 9.17) is 4.98 Å². The Morgan fingerprint density at radius 1 is 1.19 bits per heavy atom. The van der Waals surface area contributed by atoms with Crippen LogP contribution in [0.15, 0.2) is 36.4 Å². The van der Waals surface area contributed by atoms with E-state index in [0.29, 0.717) is 0 Å². The fourth-order valence-electron chi connectivity index (χ4n) is 3.71. The van der Waals surface area contributed by atoms with Gasteiger partial charge in [0.25, 0.3) is 0 Å². The highest BCUT2D eigenvalue weighted by molar-refractivity contribution is 7.18. The molecule has 7 heteroatoms. The van der Waals surface area contributed by atoms with E-state index in [1.54, 1.807) is 11.3 Å². The SMILES string of the molecule is Cl.Cl.O=C(NC1CCCNC1)C1CC=CCC1c1nc2ccccc2s1. The number of para-hydroxylation sites is 1. The molecule has 26 heavy (non-hydrogen) atoms. The molecule has 0 spiro atoms. The zero-order chi connectivity index (χ0) is 16.4. The van der Waals surface area contributed by atoms with Gasteiger partial charge in [0.2, 0.25) is 5.91 Å². The lowest BCUT2D eigenvalue weighted by atomic mass is 9.82. The van der Waals surface area contributed by atoms with Gasteiger partial charge >= 0.3 is 0 Å². The van der Waals surface area contributed by atoms with Crippen LogP contribution in [0.5, 0.6) is 0 Å². The van der Waals surface area contributed by atoms with Crippen LogP contribution in [0.2, 0.25) is 0 Å². The Kier molecular flexibility index (Phi) is 7.89. The van der Waals surface area contributed by atoms with Crippen molar-refractivity contribution >= 4 is 52.3 Å². The van der Waals surface area contributed by atoms with E-state index in [1.165, 1.54) is 4.70 Å². The zero-order valence-electron chi connectivity index (χ0n) is 14.5. The molecule has 4 nitrogen and oxygen atoms in total. The molecule has 1 saturated heterocycles. The van der Waals surface area contributed by atoms with E-state index in [9.17, 15) is 4.79 Å². The van der Waals surface area contributed by atoms with Crippen molar-refractivity contribution in [1.29, 1.82) is 0 Å². The van der Waals surface area contributed by atoms with Crippen molar-refractivity contribution in [2.75, 3.05) is 13.1 Å². The lowest BCUT2D eigenvalue weighted by molar-refractivity contribution is -0.126.